The molecular formula is C3H8N2O7PS+. The zero-order valence-electron chi connectivity index (χ0n) is 6.59. The Kier molecular flexibility index (Phi) is 9.93. The van der Waals surface area contributed by atoms with E-state index in [0.717, 1.165) is 0 Å². The van der Waals surface area contributed by atoms with Crippen molar-refractivity contribution in [1.82, 2.24) is 0 Å². The van der Waals surface area contributed by atoms with Crippen molar-refractivity contribution in [3.63, 3.8) is 0 Å². The third-order valence-corrected chi connectivity index (χ3v) is 0.455. The van der Waals surface area contributed by atoms with Gasteiger partial charge in [-0.2, -0.15) is 5.43 Å². The molecule has 0 aromatic heterocycles. The summed E-state index contributed by atoms with van der Waals surface area (Å²) in [6.45, 7) is 0. The van der Waals surface area contributed by atoms with Gasteiger partial charge in [0.05, 0.1) is 6.21 Å². The Bertz CT molecular complexity index is 287. The molecule has 0 saturated carbocycles. The van der Waals surface area contributed by atoms with Gasteiger partial charge in [-0.25, -0.2) is 8.42 Å². The highest BCUT2D eigenvalue weighted by atomic mass is 32.3. The third kappa shape index (κ3) is 65.3. The molecule has 0 unspecified atom stereocenters. The normalized spacial score (nSPS) is 12.3. The number of quaternary nitrogens is 1. The predicted molar refractivity (Wildman–Crippen MR) is 43.9 cm³/mol. The van der Waals surface area contributed by atoms with Gasteiger partial charge in [-0.3, -0.25) is 4.55 Å². The minimum atomic E-state index is -4.92. The van der Waals surface area contributed by atoms with Gasteiger partial charge in [-0.05, 0) is 0 Å². The maximum absolute atomic E-state index is 8.70. The first kappa shape index (κ1) is 15.7. The SMILES string of the molecule is C1=C[NH2+]N=C1.O=S(=O)([O-])O.O=[P+](O)O. The molecule has 1 heterocycles. The Balaban J connectivity index is 0. The zero-order chi connectivity index (χ0) is 11.6. The first-order valence-corrected chi connectivity index (χ1v) is 5.31. The Morgan fingerprint density at radius 2 is 1.79 bits per heavy atom. The molecule has 0 saturated heterocycles. The molecule has 1 rings (SSSR count). The van der Waals surface area contributed by atoms with Crippen molar-refractivity contribution in [2.24, 2.45) is 5.10 Å². The van der Waals surface area contributed by atoms with Gasteiger partial charge >= 0.3 is 8.25 Å². The number of nitrogens with two attached hydrogens (primary N) is 1. The molecule has 0 fully saturated rings. The van der Waals surface area contributed by atoms with E-state index in [1.165, 1.54) is 0 Å². The van der Waals surface area contributed by atoms with E-state index in [-0.39, 0.29) is 0 Å². The summed E-state index contributed by atoms with van der Waals surface area (Å²) < 4.78 is 41.5. The molecule has 0 spiro atoms. The third-order valence-electron chi connectivity index (χ3n) is 0.455. The second-order valence-corrected chi connectivity index (χ2v) is 2.87. The molecule has 9 nitrogen and oxygen atoms in total. The minimum absolute atomic E-state index is 1.75. The van der Waals surface area contributed by atoms with Gasteiger partial charge in [0.1, 0.15) is 6.20 Å². The Labute approximate surface area is 80.3 Å². The second kappa shape index (κ2) is 8.84. The van der Waals surface area contributed by atoms with Crippen molar-refractivity contribution in [3.05, 3.63) is 12.3 Å². The van der Waals surface area contributed by atoms with Gasteiger partial charge in [0, 0.05) is 10.6 Å². The van der Waals surface area contributed by atoms with Crippen molar-refractivity contribution in [1.29, 1.82) is 0 Å². The fraction of sp³-hybridized carbons (Fsp3) is 0. The standard InChI is InChI=1S/C3H4N2.H2O4S.HO3P/c1-2-4-5-3-1;1-5(2,3)4;1-4(2)3/h1-3H,(H,4,5);(H2,1,2,3,4);(H-,1,2,3)/p+1. The van der Waals surface area contributed by atoms with E-state index in [4.69, 9.17) is 31.9 Å². The Hall–Kier alpha value is -0.740. The molecule has 1 aliphatic heterocycles. The first-order chi connectivity index (χ1) is 6.23. The second-order valence-electron chi connectivity index (χ2n) is 1.51. The number of hydrogen-bond acceptors (Lipinski definition) is 5. The lowest BCUT2D eigenvalue weighted by Crippen LogP contribution is -2.69. The number of nitrogens with zero attached hydrogens (tertiary/aromatic N) is 1. The van der Waals surface area contributed by atoms with Crippen molar-refractivity contribution in [2.45, 2.75) is 0 Å². The highest BCUT2D eigenvalue weighted by molar-refractivity contribution is 7.79. The predicted octanol–water partition coefficient (Wildman–Crippen LogP) is -2.30. The molecule has 11 heteroatoms. The van der Waals surface area contributed by atoms with Gasteiger partial charge in [0.15, 0.2) is 0 Å². The lowest BCUT2D eigenvalue weighted by Gasteiger charge is -1.88. The number of rotatable bonds is 0. The summed E-state index contributed by atoms with van der Waals surface area (Å²) in [6.07, 6.45) is 5.53. The molecule has 0 aromatic rings. The monoisotopic (exact) mass is 247 g/mol. The molecule has 0 aromatic carbocycles. The molecule has 0 bridgehead atoms. The first-order valence-electron chi connectivity index (χ1n) is 2.78. The van der Waals surface area contributed by atoms with E-state index < -0.39 is 18.7 Å². The lowest BCUT2D eigenvalue weighted by molar-refractivity contribution is -0.589. The molecule has 0 aliphatic carbocycles. The molecule has 82 valence electrons. The van der Waals surface area contributed by atoms with E-state index in [1.54, 1.807) is 11.6 Å². The van der Waals surface area contributed by atoms with Crippen LogP contribution in [-0.4, -0.2) is 33.5 Å². The summed E-state index contributed by atoms with van der Waals surface area (Å²) in [7, 11) is -7.79. The van der Waals surface area contributed by atoms with Crippen LogP contribution in [0.1, 0.15) is 0 Å². The fourth-order valence-corrected chi connectivity index (χ4v) is 0.248. The fourth-order valence-electron chi connectivity index (χ4n) is 0.248. The van der Waals surface area contributed by atoms with Crippen LogP contribution < -0.4 is 5.43 Å². The van der Waals surface area contributed by atoms with Crippen LogP contribution in [0.4, 0.5) is 0 Å². The highest BCUT2D eigenvalue weighted by Crippen LogP contribution is 1.98. The van der Waals surface area contributed by atoms with E-state index in [2.05, 4.69) is 5.10 Å². The van der Waals surface area contributed by atoms with Crippen molar-refractivity contribution in [2.75, 3.05) is 0 Å². The van der Waals surface area contributed by atoms with Gasteiger partial charge in [-0.15, -0.1) is 9.79 Å². The Morgan fingerprint density at radius 1 is 1.43 bits per heavy atom. The van der Waals surface area contributed by atoms with E-state index in [1.807, 2.05) is 12.3 Å². The van der Waals surface area contributed by atoms with E-state index in [9.17, 15) is 0 Å². The summed E-state index contributed by atoms with van der Waals surface area (Å²) in [5.74, 6) is 0. The molecule has 0 amide bonds. The number of allylic oxidation sites excluding steroid dienone is 1. The summed E-state index contributed by atoms with van der Waals surface area (Å²) >= 11 is 0. The molecule has 0 atom stereocenters. The molecular weight excluding hydrogens is 239 g/mol. The van der Waals surface area contributed by atoms with Crippen LogP contribution in [0.15, 0.2) is 17.4 Å². The molecule has 5 N–H and O–H groups in total. The van der Waals surface area contributed by atoms with Crippen LogP contribution in [0.5, 0.6) is 0 Å². The van der Waals surface area contributed by atoms with Crippen LogP contribution in [-0.2, 0) is 15.0 Å². The van der Waals surface area contributed by atoms with Crippen molar-refractivity contribution < 1.29 is 37.3 Å². The average Bonchev–Trinajstić information content (AvgIpc) is 2.32. The van der Waals surface area contributed by atoms with E-state index >= 15 is 0 Å². The topological polar surface area (TPSA) is 164 Å². The molecule has 1 aliphatic rings. The summed E-state index contributed by atoms with van der Waals surface area (Å²) in [5, 5.41) is 3.72. The van der Waals surface area contributed by atoms with Gasteiger partial charge in [0.2, 0.25) is 10.4 Å². The van der Waals surface area contributed by atoms with Gasteiger partial charge < -0.3 is 4.55 Å². The Morgan fingerprint density at radius 3 is 1.86 bits per heavy atom. The van der Waals surface area contributed by atoms with Crippen LogP contribution in [0, 0.1) is 0 Å². The summed E-state index contributed by atoms with van der Waals surface area (Å²) in [6, 6.07) is 0. The van der Waals surface area contributed by atoms with Gasteiger partial charge in [0.25, 0.3) is 0 Å². The van der Waals surface area contributed by atoms with Crippen LogP contribution in [0.2, 0.25) is 0 Å². The van der Waals surface area contributed by atoms with Crippen molar-refractivity contribution >= 4 is 24.9 Å². The largest absolute Gasteiger partial charge is 0.726 e. The quantitative estimate of drug-likeness (QED) is 0.162. The maximum atomic E-state index is 8.70. The summed E-state index contributed by atoms with van der Waals surface area (Å²) in [4.78, 5) is 14.2. The smallest absolute Gasteiger partial charge is 0.692 e. The minimum Gasteiger partial charge on any atom is -0.726 e. The molecule has 14 heavy (non-hydrogen) atoms. The van der Waals surface area contributed by atoms with Crippen LogP contribution in [0.25, 0.3) is 0 Å². The average molecular weight is 247 g/mol. The van der Waals surface area contributed by atoms with Crippen molar-refractivity contribution in [3.8, 4) is 0 Å². The highest BCUT2D eigenvalue weighted by Gasteiger charge is 1.93. The van der Waals surface area contributed by atoms with E-state index in [0.29, 0.717) is 0 Å². The molecule has 0 radical (unpaired) electrons. The lowest BCUT2D eigenvalue weighted by atomic mass is 10.7. The maximum Gasteiger partial charge on any atom is 0.692 e. The zero-order valence-corrected chi connectivity index (χ0v) is 8.30. The van der Waals surface area contributed by atoms with Crippen LogP contribution in [0.3, 0.4) is 0 Å². The number of hydrogen-bond donors (Lipinski definition) is 4. The van der Waals surface area contributed by atoms with Gasteiger partial charge in [-0.1, -0.05) is 5.10 Å². The van der Waals surface area contributed by atoms with Crippen LogP contribution >= 0.6 is 8.25 Å². The summed E-state index contributed by atoms with van der Waals surface area (Å²) in [5.41, 5.74) is 1.75.